The van der Waals surface area contributed by atoms with E-state index in [0.717, 1.165) is 12.8 Å². The molecule has 0 spiro atoms. The van der Waals surface area contributed by atoms with Gasteiger partial charge < -0.3 is 9.76 Å². The number of hydrogen-bond donors (Lipinski definition) is 1. The zero-order valence-electron chi connectivity index (χ0n) is 7.25. The van der Waals surface area contributed by atoms with Crippen LogP contribution < -0.4 is 0 Å². The largest absolute Gasteiger partial charge is 0.443 e. The van der Waals surface area contributed by atoms with E-state index in [-0.39, 0.29) is 12.7 Å². The van der Waals surface area contributed by atoms with E-state index in [2.05, 4.69) is 11.6 Å². The Morgan fingerprint density at radius 1 is 1.36 bits per heavy atom. The quantitative estimate of drug-likeness (QED) is 0.446. The summed E-state index contributed by atoms with van der Waals surface area (Å²) in [6, 6.07) is 0. The highest BCUT2D eigenvalue weighted by Crippen LogP contribution is 2.06. The molecule has 3 heteroatoms. The van der Waals surface area contributed by atoms with Crippen LogP contribution in [0.1, 0.15) is 39.0 Å². The maximum atomic E-state index is 8.68. The van der Waals surface area contributed by atoms with Gasteiger partial charge in [-0.15, -0.1) is 0 Å². The molecule has 11 heavy (non-hydrogen) atoms. The second-order valence-electron chi connectivity index (χ2n) is 2.79. The van der Waals surface area contributed by atoms with Crippen molar-refractivity contribution in [2.75, 3.05) is 6.61 Å². The summed E-state index contributed by atoms with van der Waals surface area (Å²) in [5.41, 5.74) is 0. The van der Waals surface area contributed by atoms with Crippen LogP contribution in [-0.4, -0.2) is 25.9 Å². The van der Waals surface area contributed by atoms with Crippen molar-refractivity contribution >= 4 is 8.05 Å². The third-order valence-electron chi connectivity index (χ3n) is 1.78. The number of aliphatic hydroxyl groups is 1. The van der Waals surface area contributed by atoms with Crippen molar-refractivity contribution in [3.63, 3.8) is 0 Å². The number of rotatable bonds is 7. The fourth-order valence-electron chi connectivity index (χ4n) is 1.00. The molecule has 1 atom stereocenters. The maximum Gasteiger partial charge on any atom is 0.283 e. The Kier molecular flexibility index (Phi) is 8.07. The van der Waals surface area contributed by atoms with Crippen molar-refractivity contribution < 1.29 is 9.76 Å². The summed E-state index contributed by atoms with van der Waals surface area (Å²) in [6.07, 6.45) is 5.49. The van der Waals surface area contributed by atoms with Crippen LogP contribution in [0.5, 0.6) is 0 Å². The first kappa shape index (κ1) is 11.0. The zero-order chi connectivity index (χ0) is 8.53. The van der Waals surface area contributed by atoms with E-state index < -0.39 is 0 Å². The topological polar surface area (TPSA) is 29.5 Å². The summed E-state index contributed by atoms with van der Waals surface area (Å²) in [6.45, 7) is 2.20. The summed E-state index contributed by atoms with van der Waals surface area (Å²) in [7, 11) is 4.94. The predicted octanol–water partition coefficient (Wildman–Crippen LogP) is 1.42. The molecule has 0 aromatic rings. The van der Waals surface area contributed by atoms with E-state index in [9.17, 15) is 0 Å². The number of unbranched alkanes of at least 4 members (excludes halogenated alkanes) is 3. The average molecular weight is 156 g/mol. The Balaban J connectivity index is 3.07. The third kappa shape index (κ3) is 6.39. The summed E-state index contributed by atoms with van der Waals surface area (Å²) in [5.74, 6) is 0. The number of hydrogen-bond acceptors (Lipinski definition) is 2. The van der Waals surface area contributed by atoms with Crippen molar-refractivity contribution in [2.24, 2.45) is 0 Å². The highest BCUT2D eigenvalue weighted by Gasteiger charge is 2.02. The molecule has 0 bridgehead atoms. The van der Waals surface area contributed by atoms with E-state index in [1.54, 1.807) is 0 Å². The highest BCUT2D eigenvalue weighted by molar-refractivity contribution is 5.98. The fourth-order valence-corrected chi connectivity index (χ4v) is 1.00. The first-order valence-electron chi connectivity index (χ1n) is 4.31. The molecular formula is C8H17BO2. The summed E-state index contributed by atoms with van der Waals surface area (Å²) >= 11 is 0. The highest BCUT2D eigenvalue weighted by atomic mass is 16.4. The molecule has 1 unspecified atom stereocenters. The Bertz CT molecular complexity index is 74.5. The second-order valence-corrected chi connectivity index (χ2v) is 2.79. The van der Waals surface area contributed by atoms with Gasteiger partial charge >= 0.3 is 0 Å². The van der Waals surface area contributed by atoms with Crippen molar-refractivity contribution in [3.8, 4) is 0 Å². The molecular weight excluding hydrogens is 139 g/mol. The molecule has 0 aliphatic heterocycles. The van der Waals surface area contributed by atoms with Gasteiger partial charge in [-0.05, 0) is 6.42 Å². The lowest BCUT2D eigenvalue weighted by Crippen LogP contribution is -2.15. The first-order chi connectivity index (χ1) is 5.35. The van der Waals surface area contributed by atoms with Crippen LogP contribution in [0.3, 0.4) is 0 Å². The normalized spacial score (nSPS) is 13.3. The van der Waals surface area contributed by atoms with Gasteiger partial charge in [0.1, 0.15) is 0 Å². The van der Waals surface area contributed by atoms with Gasteiger partial charge in [0.15, 0.2) is 0 Å². The van der Waals surface area contributed by atoms with E-state index in [1.807, 2.05) is 0 Å². The molecule has 0 amide bonds. The standard InChI is InChI=1S/C8H17BO2/c1-2-3-4-5-6-8(7-10)11-9/h8,10H,2-7H2,1H3. The molecule has 0 aliphatic rings. The van der Waals surface area contributed by atoms with Crippen LogP contribution in [0.15, 0.2) is 0 Å². The third-order valence-corrected chi connectivity index (χ3v) is 1.78. The lowest BCUT2D eigenvalue weighted by Gasteiger charge is -2.11. The molecule has 2 radical (unpaired) electrons. The maximum absolute atomic E-state index is 8.68. The molecule has 0 aromatic heterocycles. The fraction of sp³-hybridized carbons (Fsp3) is 1.00. The van der Waals surface area contributed by atoms with Crippen molar-refractivity contribution in [3.05, 3.63) is 0 Å². The van der Waals surface area contributed by atoms with Gasteiger partial charge in [-0.2, -0.15) is 0 Å². The lowest BCUT2D eigenvalue weighted by molar-refractivity contribution is 0.115. The van der Waals surface area contributed by atoms with Gasteiger partial charge in [-0.25, -0.2) is 0 Å². The Labute approximate surface area is 70.4 Å². The summed E-state index contributed by atoms with van der Waals surface area (Å²) in [5, 5.41) is 8.68. The molecule has 64 valence electrons. The van der Waals surface area contributed by atoms with Crippen molar-refractivity contribution in [2.45, 2.75) is 45.1 Å². The van der Waals surface area contributed by atoms with E-state index in [0.29, 0.717) is 0 Å². The van der Waals surface area contributed by atoms with Crippen molar-refractivity contribution in [1.82, 2.24) is 0 Å². The van der Waals surface area contributed by atoms with Gasteiger partial charge in [0.25, 0.3) is 8.05 Å². The predicted molar refractivity (Wildman–Crippen MR) is 46.5 cm³/mol. The van der Waals surface area contributed by atoms with Crippen LogP contribution in [-0.2, 0) is 4.65 Å². The lowest BCUT2D eigenvalue weighted by atomic mass is 10.1. The van der Waals surface area contributed by atoms with Gasteiger partial charge in [-0.1, -0.05) is 32.6 Å². The monoisotopic (exact) mass is 156 g/mol. The summed E-state index contributed by atoms with van der Waals surface area (Å²) < 4.78 is 4.53. The van der Waals surface area contributed by atoms with Crippen molar-refractivity contribution in [1.29, 1.82) is 0 Å². The molecule has 0 rings (SSSR count). The zero-order valence-corrected chi connectivity index (χ0v) is 7.25. The van der Waals surface area contributed by atoms with Gasteiger partial charge in [0.05, 0.1) is 12.7 Å². The van der Waals surface area contributed by atoms with Gasteiger partial charge in [0.2, 0.25) is 0 Å². The van der Waals surface area contributed by atoms with E-state index in [1.165, 1.54) is 19.3 Å². The van der Waals surface area contributed by atoms with Gasteiger partial charge in [0, 0.05) is 0 Å². The van der Waals surface area contributed by atoms with E-state index >= 15 is 0 Å². The minimum absolute atomic E-state index is 0.0304. The van der Waals surface area contributed by atoms with Gasteiger partial charge in [-0.3, -0.25) is 0 Å². The van der Waals surface area contributed by atoms with Crippen LogP contribution in [0, 0.1) is 0 Å². The Morgan fingerprint density at radius 3 is 2.55 bits per heavy atom. The van der Waals surface area contributed by atoms with E-state index in [4.69, 9.17) is 13.2 Å². The molecule has 0 aromatic carbocycles. The smallest absolute Gasteiger partial charge is 0.283 e. The summed E-state index contributed by atoms with van der Waals surface area (Å²) in [4.78, 5) is 0. The minimum atomic E-state index is -0.160. The van der Waals surface area contributed by atoms with Crippen LogP contribution in [0.4, 0.5) is 0 Å². The SMILES string of the molecule is [B]OC(CO)CCCCCC. The molecule has 0 aliphatic carbocycles. The molecule has 0 saturated carbocycles. The first-order valence-corrected chi connectivity index (χ1v) is 4.31. The second kappa shape index (κ2) is 8.09. The molecule has 0 heterocycles. The Hall–Kier alpha value is -0.0151. The molecule has 0 saturated heterocycles. The van der Waals surface area contributed by atoms with Crippen LogP contribution >= 0.6 is 0 Å². The Morgan fingerprint density at radius 2 is 2.09 bits per heavy atom. The molecule has 1 N–H and O–H groups in total. The average Bonchev–Trinajstić information content (AvgIpc) is 2.05. The molecule has 2 nitrogen and oxygen atoms in total. The number of aliphatic hydroxyl groups excluding tert-OH is 1. The minimum Gasteiger partial charge on any atom is -0.443 e. The van der Waals surface area contributed by atoms with Crippen LogP contribution in [0.2, 0.25) is 0 Å². The molecule has 0 fully saturated rings. The van der Waals surface area contributed by atoms with Crippen LogP contribution in [0.25, 0.3) is 0 Å².